The van der Waals surface area contributed by atoms with E-state index in [0.717, 1.165) is 97.3 Å². The topological polar surface area (TPSA) is 264 Å². The van der Waals surface area contributed by atoms with Gasteiger partial charge in [-0.15, -0.1) is 0 Å². The van der Waals surface area contributed by atoms with Gasteiger partial charge in [-0.3, -0.25) is 43.2 Å². The Morgan fingerprint density at radius 1 is 0.522 bits per heavy atom. The highest BCUT2D eigenvalue weighted by Gasteiger charge is 2.71. The van der Waals surface area contributed by atoms with Crippen molar-refractivity contribution >= 4 is 53.5 Å². The molecule has 7 aliphatic rings. The second-order valence-electron chi connectivity index (χ2n) is 28.0. The molecule has 0 spiro atoms. The van der Waals surface area contributed by atoms with Crippen molar-refractivity contribution in [1.29, 1.82) is 0 Å². The molecule has 19 atom stereocenters. The fourth-order valence-electron chi connectivity index (χ4n) is 17.2. The first kappa shape index (κ1) is 67.8. The number of carbonyl (C=O) groups excluding carboxylic acids is 9. The van der Waals surface area contributed by atoms with Gasteiger partial charge in [-0.2, -0.15) is 0 Å². The van der Waals surface area contributed by atoms with Crippen LogP contribution in [0.1, 0.15) is 172 Å². The van der Waals surface area contributed by atoms with E-state index in [4.69, 9.17) is 56.8 Å². The second-order valence-corrected chi connectivity index (χ2v) is 28.0. The monoisotopic (exact) mass is 1250 g/mol. The number of ketones is 1. The van der Waals surface area contributed by atoms with Crippen LogP contribution in [0.5, 0.6) is 0 Å². The molecule has 5 aliphatic carbocycles. The van der Waals surface area contributed by atoms with E-state index in [-0.39, 0.29) is 40.3 Å². The van der Waals surface area contributed by atoms with E-state index in [1.165, 1.54) is 0 Å². The van der Waals surface area contributed by atoms with Crippen LogP contribution >= 0.6 is 0 Å². The van der Waals surface area contributed by atoms with Crippen molar-refractivity contribution in [2.45, 2.75) is 228 Å². The first-order valence-corrected chi connectivity index (χ1v) is 31.6. The van der Waals surface area contributed by atoms with Gasteiger partial charge in [0, 0.05) is 54.4 Å². The molecule has 21 nitrogen and oxygen atoms in total. The fraction of sp³-hybridized carbons (Fsp3) is 0.667. The SMILES string of the molecule is CC(=O)OC[C@H]1O[C@@H](O[C@H]2[C@H](OC(C)=O)[C@@H](OC(C)=O)[C@H](O[C@H]3CC[C@]4(C)[C@H]5C(=O)C=C6[C@H]7C[C@@](C)(C(=O)OC(c8ccccc8)c8ccccc8)CC[C@]7(C)CC[C@@]6(C)[C@]5(C)CC[C@H]4C3(C)C)O[C@@H]2COC(C)=O)[C@H](OC(C)=O)[C@@H](OC(C)=O)[C@H]1OC(C)=O. The molecule has 9 rings (SSSR count). The van der Waals surface area contributed by atoms with E-state index >= 15 is 4.79 Å². The number of rotatable bonds is 17. The molecule has 0 unspecified atom stereocenters. The highest BCUT2D eigenvalue weighted by molar-refractivity contribution is 5.96. The lowest BCUT2D eigenvalue weighted by Gasteiger charge is -2.70. The summed E-state index contributed by atoms with van der Waals surface area (Å²) < 4.78 is 73.1. The normalized spacial score (nSPS) is 37.5. The van der Waals surface area contributed by atoms with Crippen molar-refractivity contribution in [3.63, 3.8) is 0 Å². The van der Waals surface area contributed by atoms with Gasteiger partial charge in [0.1, 0.15) is 31.5 Å². The maximum atomic E-state index is 15.6. The van der Waals surface area contributed by atoms with Gasteiger partial charge in [-0.05, 0) is 121 Å². The predicted molar refractivity (Wildman–Crippen MR) is 318 cm³/mol. The Kier molecular flexibility index (Phi) is 19.8. The third-order valence-electron chi connectivity index (χ3n) is 21.6. The average Bonchev–Trinajstić information content (AvgIpc) is 0.676. The number of allylic oxidation sites excluding steroid dienone is 2. The summed E-state index contributed by atoms with van der Waals surface area (Å²) in [5.41, 5.74) is -0.129. The Bertz CT molecular complexity index is 3050. The van der Waals surface area contributed by atoms with Crippen LogP contribution in [-0.4, -0.2) is 134 Å². The zero-order valence-electron chi connectivity index (χ0n) is 54.4. The molecule has 2 saturated heterocycles. The molecule has 90 heavy (non-hydrogen) atoms. The third kappa shape index (κ3) is 13.3. The van der Waals surface area contributed by atoms with Crippen LogP contribution in [0, 0.1) is 50.2 Å². The maximum Gasteiger partial charge on any atom is 0.312 e. The zero-order chi connectivity index (χ0) is 65.6. The van der Waals surface area contributed by atoms with Gasteiger partial charge in [0.2, 0.25) is 0 Å². The van der Waals surface area contributed by atoms with Crippen LogP contribution in [0.4, 0.5) is 0 Å². The lowest BCUT2D eigenvalue weighted by Crippen LogP contribution is -2.68. The van der Waals surface area contributed by atoms with Crippen LogP contribution in [0.3, 0.4) is 0 Å². The van der Waals surface area contributed by atoms with E-state index in [1.807, 2.05) is 73.7 Å². The van der Waals surface area contributed by atoms with Gasteiger partial charge in [-0.25, -0.2) is 0 Å². The minimum absolute atomic E-state index is 0.0412. The van der Waals surface area contributed by atoms with Crippen LogP contribution in [0.25, 0.3) is 0 Å². The number of hydrogen-bond donors (Lipinski definition) is 0. The summed E-state index contributed by atoms with van der Waals surface area (Å²) in [5, 5.41) is 0. The van der Waals surface area contributed by atoms with E-state index in [1.54, 1.807) is 0 Å². The molecule has 492 valence electrons. The first-order valence-electron chi connectivity index (χ1n) is 31.6. The number of ether oxygens (including phenoxy) is 12. The summed E-state index contributed by atoms with van der Waals surface area (Å²) >= 11 is 0. The Morgan fingerprint density at radius 3 is 1.50 bits per heavy atom. The number of benzene rings is 2. The number of carbonyl (C=O) groups is 9. The molecule has 0 bridgehead atoms. The lowest BCUT2D eigenvalue weighted by molar-refractivity contribution is -0.369. The second kappa shape index (κ2) is 26.2. The Balaban J connectivity index is 1.00. The van der Waals surface area contributed by atoms with Crippen molar-refractivity contribution in [1.82, 2.24) is 0 Å². The molecule has 2 heterocycles. The Morgan fingerprint density at radius 2 is 0.989 bits per heavy atom. The van der Waals surface area contributed by atoms with Crippen molar-refractivity contribution < 1.29 is 100.0 Å². The fourth-order valence-corrected chi connectivity index (χ4v) is 17.2. The minimum Gasteiger partial charge on any atom is -0.463 e. The molecule has 21 heteroatoms. The van der Waals surface area contributed by atoms with Gasteiger partial charge in [0.25, 0.3) is 0 Å². The van der Waals surface area contributed by atoms with Gasteiger partial charge in [0.05, 0.1) is 11.5 Å². The molecule has 4 saturated carbocycles. The molecule has 2 aliphatic heterocycles. The number of fused-ring (bicyclic) bond motifs is 7. The highest BCUT2D eigenvalue weighted by atomic mass is 16.8. The summed E-state index contributed by atoms with van der Waals surface area (Å²) in [6.45, 7) is 22.1. The van der Waals surface area contributed by atoms with E-state index in [9.17, 15) is 38.4 Å². The van der Waals surface area contributed by atoms with Crippen molar-refractivity contribution in [3.05, 3.63) is 83.4 Å². The lowest BCUT2D eigenvalue weighted by atomic mass is 9.33. The van der Waals surface area contributed by atoms with Gasteiger partial charge in [-0.1, -0.05) is 108 Å². The van der Waals surface area contributed by atoms with E-state index in [2.05, 4.69) is 41.5 Å². The van der Waals surface area contributed by atoms with Gasteiger partial charge >= 0.3 is 47.8 Å². The first-order chi connectivity index (χ1) is 42.2. The summed E-state index contributed by atoms with van der Waals surface area (Å²) in [6, 6.07) is 19.6. The Labute approximate surface area is 526 Å². The summed E-state index contributed by atoms with van der Waals surface area (Å²) in [7, 11) is 0. The molecule has 0 amide bonds. The van der Waals surface area contributed by atoms with E-state index < -0.39 is 150 Å². The molecule has 2 aromatic carbocycles. The average molecular weight is 1260 g/mol. The van der Waals surface area contributed by atoms with Crippen molar-refractivity contribution in [2.24, 2.45) is 50.2 Å². The maximum absolute atomic E-state index is 15.6. The van der Waals surface area contributed by atoms with Crippen molar-refractivity contribution in [3.8, 4) is 0 Å². The van der Waals surface area contributed by atoms with Crippen LogP contribution < -0.4 is 0 Å². The Hall–Kier alpha value is -6.55. The van der Waals surface area contributed by atoms with E-state index in [0.29, 0.717) is 25.7 Å². The van der Waals surface area contributed by atoms with Gasteiger partial charge < -0.3 is 56.8 Å². The number of esters is 8. The third-order valence-corrected chi connectivity index (χ3v) is 21.6. The largest absolute Gasteiger partial charge is 0.463 e. The molecule has 0 N–H and O–H groups in total. The van der Waals surface area contributed by atoms with Gasteiger partial charge in [0.15, 0.2) is 55.0 Å². The smallest absolute Gasteiger partial charge is 0.312 e. The predicted octanol–water partition coefficient (Wildman–Crippen LogP) is 9.30. The number of hydrogen-bond acceptors (Lipinski definition) is 21. The van der Waals surface area contributed by atoms with Crippen LogP contribution in [0.15, 0.2) is 72.3 Å². The standard InChI is InChI=1S/C69H90O21/c1-37(70)79-35-49-54(81-39(3)72)56(82-40(4)73)59(85-43(7)76)62(87-49)89-55-50(36-80-38(2)71)86-61(58(84-42(6)75)57(55)83-41(5)74)88-52-26-27-67(12)51(64(52,8)9)25-28-69(14)60(67)48(77)33-46-47-34-66(11,30-29-65(47,10)31-32-68(46,69)13)63(78)90-53(44-21-17-15-18-22-44)45-23-19-16-20-24-45/h15-24,33,47,49-62H,25-32,34-36H2,1-14H3/t47-,49-,50-,51+,52+,54+,55-,56+,57+,58-,59-,60-,61+,62+,65-,66+,67+,68-,69-/m1/s1. The summed E-state index contributed by atoms with van der Waals surface area (Å²) in [4.78, 5) is 120. The summed E-state index contributed by atoms with van der Waals surface area (Å²) in [6.07, 6.45) is -9.12. The molecule has 0 aromatic heterocycles. The minimum atomic E-state index is -1.85. The quantitative estimate of drug-likeness (QED) is 0.0811. The zero-order valence-corrected chi connectivity index (χ0v) is 54.4. The molecule has 6 fully saturated rings. The molecule has 0 radical (unpaired) electrons. The van der Waals surface area contributed by atoms with Crippen molar-refractivity contribution in [2.75, 3.05) is 13.2 Å². The molecule has 2 aromatic rings. The molecular formula is C69H90O21. The van der Waals surface area contributed by atoms with Crippen LogP contribution in [-0.2, 0) is 100.0 Å². The van der Waals surface area contributed by atoms with Crippen LogP contribution in [0.2, 0.25) is 0 Å². The highest BCUT2D eigenvalue weighted by Crippen LogP contribution is 2.75. The summed E-state index contributed by atoms with van der Waals surface area (Å²) in [5.74, 6) is -6.58. The molecular weight excluding hydrogens is 1160 g/mol.